The number of carbonyl (C=O) groups is 2. The highest BCUT2D eigenvalue weighted by atomic mass is 35.5. The third-order valence-corrected chi connectivity index (χ3v) is 4.27. The van der Waals surface area contributed by atoms with Crippen LogP contribution < -0.4 is 10.7 Å². The number of para-hydroxylation sites is 1. The molecule has 7 heteroatoms. The molecule has 0 spiro atoms. The van der Waals surface area contributed by atoms with Crippen LogP contribution in [0.4, 0.5) is 5.69 Å². The number of halogens is 1. The first-order chi connectivity index (χ1) is 13.5. The van der Waals surface area contributed by atoms with E-state index < -0.39 is 5.91 Å². The first-order valence-corrected chi connectivity index (χ1v) is 8.75. The molecular formula is C22H21ClN4O2. The van der Waals surface area contributed by atoms with Gasteiger partial charge in [0, 0.05) is 18.0 Å². The Bertz CT molecular complexity index is 1040. The maximum absolute atomic E-state index is 12.5. The minimum absolute atomic E-state index is 0. The molecule has 3 rings (SSSR count). The molecule has 0 aliphatic heterocycles. The average molecular weight is 409 g/mol. The van der Waals surface area contributed by atoms with Crippen molar-refractivity contribution in [3.8, 4) is 0 Å². The molecule has 3 aromatic rings. The van der Waals surface area contributed by atoms with Gasteiger partial charge in [-0.25, -0.2) is 5.43 Å². The molecule has 0 aliphatic rings. The van der Waals surface area contributed by atoms with Crippen molar-refractivity contribution < 1.29 is 9.59 Å². The Morgan fingerprint density at radius 3 is 2.38 bits per heavy atom. The van der Waals surface area contributed by atoms with Crippen LogP contribution in [0.5, 0.6) is 0 Å². The molecule has 0 fully saturated rings. The van der Waals surface area contributed by atoms with Gasteiger partial charge in [-0.3, -0.25) is 14.6 Å². The molecule has 0 radical (unpaired) electrons. The number of amides is 2. The van der Waals surface area contributed by atoms with Gasteiger partial charge in [-0.1, -0.05) is 30.3 Å². The summed E-state index contributed by atoms with van der Waals surface area (Å²) in [7, 11) is 0. The fraction of sp³-hybridized carbons (Fsp3) is 0.0909. The molecule has 1 heterocycles. The van der Waals surface area contributed by atoms with Crippen molar-refractivity contribution in [2.75, 3.05) is 5.32 Å². The number of pyridine rings is 1. The van der Waals surface area contributed by atoms with E-state index in [-0.39, 0.29) is 18.3 Å². The molecule has 0 saturated carbocycles. The number of nitrogens with zero attached hydrogens (tertiary/aromatic N) is 2. The molecule has 0 bridgehead atoms. The number of aromatic nitrogens is 1. The number of rotatable bonds is 5. The number of hydrogen-bond acceptors (Lipinski definition) is 4. The van der Waals surface area contributed by atoms with Gasteiger partial charge < -0.3 is 5.32 Å². The summed E-state index contributed by atoms with van der Waals surface area (Å²) in [6.07, 6.45) is 4.66. The Balaban J connectivity index is 0.00000300. The van der Waals surface area contributed by atoms with Crippen LogP contribution >= 0.6 is 12.4 Å². The molecule has 2 aromatic carbocycles. The fourth-order valence-corrected chi connectivity index (χ4v) is 2.56. The van der Waals surface area contributed by atoms with E-state index >= 15 is 0 Å². The predicted molar refractivity (Wildman–Crippen MR) is 117 cm³/mol. The van der Waals surface area contributed by atoms with Crippen LogP contribution in [-0.2, 0) is 0 Å². The van der Waals surface area contributed by atoms with Crippen LogP contribution in [0, 0.1) is 13.8 Å². The Labute approximate surface area is 175 Å². The van der Waals surface area contributed by atoms with Gasteiger partial charge in [-0.2, -0.15) is 5.10 Å². The number of hydrazone groups is 1. The Hall–Kier alpha value is -3.51. The van der Waals surface area contributed by atoms with E-state index in [4.69, 9.17) is 0 Å². The second kappa shape index (κ2) is 10.1. The molecule has 0 unspecified atom stereocenters. The highest BCUT2D eigenvalue weighted by molar-refractivity contribution is 6.09. The molecule has 1 aromatic heterocycles. The average Bonchev–Trinajstić information content (AvgIpc) is 2.71. The molecule has 29 heavy (non-hydrogen) atoms. The van der Waals surface area contributed by atoms with Gasteiger partial charge in [0.05, 0.1) is 17.5 Å². The summed E-state index contributed by atoms with van der Waals surface area (Å²) >= 11 is 0. The SMILES string of the molecule is Cc1ccc(/C=N/NC(=O)c2ccccc2NC(=O)c2ccncc2)cc1C.Cl. The van der Waals surface area contributed by atoms with Gasteiger partial charge in [-0.05, 0) is 54.8 Å². The van der Waals surface area contributed by atoms with Gasteiger partial charge in [-0.15, -0.1) is 12.4 Å². The Morgan fingerprint density at radius 1 is 0.931 bits per heavy atom. The molecule has 6 nitrogen and oxygen atoms in total. The number of hydrogen-bond donors (Lipinski definition) is 2. The summed E-state index contributed by atoms with van der Waals surface area (Å²) < 4.78 is 0. The zero-order valence-electron chi connectivity index (χ0n) is 16.0. The summed E-state index contributed by atoms with van der Waals surface area (Å²) in [5, 5.41) is 6.77. The lowest BCUT2D eigenvalue weighted by atomic mass is 10.1. The largest absolute Gasteiger partial charge is 0.321 e. The van der Waals surface area contributed by atoms with Crippen molar-refractivity contribution in [1.82, 2.24) is 10.4 Å². The van der Waals surface area contributed by atoms with E-state index in [2.05, 4.69) is 20.8 Å². The quantitative estimate of drug-likeness (QED) is 0.491. The predicted octanol–water partition coefficient (Wildman–Crippen LogP) is 4.14. The lowest BCUT2D eigenvalue weighted by Gasteiger charge is -2.10. The monoisotopic (exact) mass is 408 g/mol. The van der Waals surface area contributed by atoms with Crippen molar-refractivity contribution in [3.05, 3.63) is 94.8 Å². The van der Waals surface area contributed by atoms with Crippen molar-refractivity contribution >= 4 is 36.1 Å². The van der Waals surface area contributed by atoms with Crippen LogP contribution in [-0.4, -0.2) is 23.0 Å². The first kappa shape index (κ1) is 21.8. The van der Waals surface area contributed by atoms with Crippen LogP contribution in [0.1, 0.15) is 37.4 Å². The zero-order chi connectivity index (χ0) is 19.9. The third kappa shape index (κ3) is 5.73. The molecule has 148 valence electrons. The summed E-state index contributed by atoms with van der Waals surface area (Å²) in [6.45, 7) is 4.06. The van der Waals surface area contributed by atoms with E-state index in [0.29, 0.717) is 16.8 Å². The van der Waals surface area contributed by atoms with Crippen molar-refractivity contribution in [3.63, 3.8) is 0 Å². The third-order valence-electron chi connectivity index (χ3n) is 4.27. The minimum Gasteiger partial charge on any atom is -0.321 e. The topological polar surface area (TPSA) is 83.5 Å². The van der Waals surface area contributed by atoms with Crippen LogP contribution in [0.3, 0.4) is 0 Å². The molecule has 2 N–H and O–H groups in total. The second-order valence-electron chi connectivity index (χ2n) is 6.28. The van der Waals surface area contributed by atoms with Crippen molar-refractivity contribution in [2.24, 2.45) is 5.10 Å². The smallest absolute Gasteiger partial charge is 0.273 e. The van der Waals surface area contributed by atoms with E-state index in [1.54, 1.807) is 42.6 Å². The summed E-state index contributed by atoms with van der Waals surface area (Å²) in [5.74, 6) is -0.730. The highest BCUT2D eigenvalue weighted by Crippen LogP contribution is 2.16. The van der Waals surface area contributed by atoms with Gasteiger partial charge in [0.15, 0.2) is 0 Å². The fourth-order valence-electron chi connectivity index (χ4n) is 2.56. The van der Waals surface area contributed by atoms with E-state index in [1.165, 1.54) is 18.0 Å². The maximum atomic E-state index is 12.5. The van der Waals surface area contributed by atoms with E-state index in [1.807, 2.05) is 32.0 Å². The van der Waals surface area contributed by atoms with Crippen molar-refractivity contribution in [2.45, 2.75) is 13.8 Å². The molecule has 0 aliphatic carbocycles. The molecule has 0 saturated heterocycles. The Kier molecular flexibility index (Phi) is 7.62. The lowest BCUT2D eigenvalue weighted by Crippen LogP contribution is -2.21. The second-order valence-corrected chi connectivity index (χ2v) is 6.28. The number of nitrogens with one attached hydrogen (secondary N) is 2. The van der Waals surface area contributed by atoms with E-state index in [9.17, 15) is 9.59 Å². The molecular weight excluding hydrogens is 388 g/mol. The minimum atomic E-state index is -0.411. The number of anilines is 1. The van der Waals surface area contributed by atoms with Gasteiger partial charge >= 0.3 is 0 Å². The van der Waals surface area contributed by atoms with Gasteiger partial charge in [0.25, 0.3) is 11.8 Å². The number of benzene rings is 2. The first-order valence-electron chi connectivity index (χ1n) is 8.75. The van der Waals surface area contributed by atoms with Crippen LogP contribution in [0.15, 0.2) is 72.1 Å². The lowest BCUT2D eigenvalue weighted by molar-refractivity contribution is 0.0956. The van der Waals surface area contributed by atoms with Crippen LogP contribution in [0.2, 0.25) is 0 Å². The molecule has 2 amide bonds. The van der Waals surface area contributed by atoms with Gasteiger partial charge in [0.2, 0.25) is 0 Å². The van der Waals surface area contributed by atoms with Crippen LogP contribution in [0.25, 0.3) is 0 Å². The number of carbonyl (C=O) groups excluding carboxylic acids is 2. The number of aryl methyl sites for hydroxylation is 2. The van der Waals surface area contributed by atoms with Crippen molar-refractivity contribution in [1.29, 1.82) is 0 Å². The highest BCUT2D eigenvalue weighted by Gasteiger charge is 2.13. The Morgan fingerprint density at radius 2 is 1.66 bits per heavy atom. The van der Waals surface area contributed by atoms with E-state index in [0.717, 1.165) is 11.1 Å². The summed E-state index contributed by atoms with van der Waals surface area (Å²) in [4.78, 5) is 28.7. The molecule has 0 atom stereocenters. The maximum Gasteiger partial charge on any atom is 0.273 e. The van der Waals surface area contributed by atoms with Gasteiger partial charge in [0.1, 0.15) is 0 Å². The summed E-state index contributed by atoms with van der Waals surface area (Å²) in [6, 6.07) is 15.9. The standard InChI is InChI=1S/C22H20N4O2.ClH/c1-15-7-8-17(13-16(15)2)14-24-26-22(28)19-5-3-4-6-20(19)25-21(27)18-9-11-23-12-10-18;/h3-14H,1-2H3,(H,25,27)(H,26,28);1H/b24-14+;. The zero-order valence-corrected chi connectivity index (χ0v) is 16.9. The summed E-state index contributed by atoms with van der Waals surface area (Å²) in [5.41, 5.74) is 6.93. The normalized spacial score (nSPS) is 10.3.